The van der Waals surface area contributed by atoms with Crippen LogP contribution in [0.25, 0.3) is 0 Å². The van der Waals surface area contributed by atoms with E-state index in [1.54, 1.807) is 51.5 Å². The van der Waals surface area contributed by atoms with Crippen molar-refractivity contribution >= 4 is 23.2 Å². The average molecular weight is 554 g/mol. The second-order valence-electron chi connectivity index (χ2n) is 9.65. The van der Waals surface area contributed by atoms with E-state index in [2.05, 4.69) is 4.90 Å². The van der Waals surface area contributed by atoms with Crippen molar-refractivity contribution in [1.82, 2.24) is 14.7 Å². The molecule has 2 aromatic carbocycles. The van der Waals surface area contributed by atoms with Crippen LogP contribution in [0.3, 0.4) is 0 Å². The molecule has 3 heterocycles. The zero-order valence-electron chi connectivity index (χ0n) is 21.9. The van der Waals surface area contributed by atoms with E-state index in [0.29, 0.717) is 56.5 Å². The molecule has 2 amide bonds. The van der Waals surface area contributed by atoms with Gasteiger partial charge in [0.1, 0.15) is 12.4 Å². The van der Waals surface area contributed by atoms with Crippen LogP contribution in [0.2, 0.25) is 0 Å². The van der Waals surface area contributed by atoms with Crippen LogP contribution in [0.15, 0.2) is 53.9 Å². The van der Waals surface area contributed by atoms with Gasteiger partial charge < -0.3 is 24.0 Å². The van der Waals surface area contributed by atoms with E-state index in [4.69, 9.17) is 14.2 Å². The number of thiophene rings is 1. The molecule has 0 spiro atoms. The Bertz CT molecular complexity index is 1290. The van der Waals surface area contributed by atoms with E-state index < -0.39 is 0 Å². The topological polar surface area (TPSA) is 71.6 Å². The number of carbonyl (C=O) groups excluding carboxylic acids is 2. The molecule has 39 heavy (non-hydrogen) atoms. The summed E-state index contributed by atoms with van der Waals surface area (Å²) in [5.41, 5.74) is 2.37. The standard InChI is InChI=1S/C29H32FN3O5S/c1-21-8-15-39-27(21)18-33(17-22-2-5-24(30)6-3-22)28(34)19-32(10-9-31-11-13-36-14-12-31)29(35)23-4-7-25-26(16-23)38-20-37-25/h2-8,15-16H,9-14,17-20H2,1H3. The van der Waals surface area contributed by atoms with Gasteiger partial charge in [-0.3, -0.25) is 14.5 Å². The van der Waals surface area contributed by atoms with Crippen LogP contribution in [-0.4, -0.2) is 79.2 Å². The number of nitrogens with zero attached hydrogens (tertiary/aromatic N) is 3. The molecule has 1 fully saturated rings. The third-order valence-corrected chi connectivity index (χ3v) is 7.97. The maximum Gasteiger partial charge on any atom is 0.254 e. The van der Waals surface area contributed by atoms with Gasteiger partial charge in [0.05, 0.1) is 19.8 Å². The van der Waals surface area contributed by atoms with Crippen molar-refractivity contribution in [3.05, 3.63) is 81.3 Å². The zero-order chi connectivity index (χ0) is 27.2. The third-order valence-electron chi connectivity index (χ3n) is 6.96. The van der Waals surface area contributed by atoms with Crippen molar-refractivity contribution in [2.24, 2.45) is 0 Å². The number of rotatable bonds is 10. The van der Waals surface area contributed by atoms with Gasteiger partial charge >= 0.3 is 0 Å². The van der Waals surface area contributed by atoms with Crippen LogP contribution < -0.4 is 9.47 Å². The van der Waals surface area contributed by atoms with Crippen molar-refractivity contribution in [3.8, 4) is 11.5 Å². The summed E-state index contributed by atoms with van der Waals surface area (Å²) < 4.78 is 29.9. The molecule has 3 aromatic rings. The highest BCUT2D eigenvalue weighted by Gasteiger charge is 2.26. The van der Waals surface area contributed by atoms with Gasteiger partial charge in [-0.2, -0.15) is 0 Å². The van der Waals surface area contributed by atoms with Crippen LogP contribution in [0, 0.1) is 12.7 Å². The quantitative estimate of drug-likeness (QED) is 0.379. The van der Waals surface area contributed by atoms with Gasteiger partial charge in [0, 0.05) is 43.2 Å². The van der Waals surface area contributed by atoms with E-state index >= 15 is 0 Å². The number of morpholine rings is 1. The number of fused-ring (bicyclic) bond motifs is 1. The zero-order valence-corrected chi connectivity index (χ0v) is 22.8. The lowest BCUT2D eigenvalue weighted by Crippen LogP contribution is -2.47. The number of hydrogen-bond acceptors (Lipinski definition) is 7. The normalized spacial score (nSPS) is 14.8. The Balaban J connectivity index is 1.36. The van der Waals surface area contributed by atoms with Gasteiger partial charge in [-0.1, -0.05) is 12.1 Å². The van der Waals surface area contributed by atoms with Crippen molar-refractivity contribution < 1.29 is 28.2 Å². The van der Waals surface area contributed by atoms with Crippen molar-refractivity contribution in [1.29, 1.82) is 0 Å². The summed E-state index contributed by atoms with van der Waals surface area (Å²) in [6.45, 7) is 6.68. The highest BCUT2D eigenvalue weighted by Crippen LogP contribution is 2.33. The van der Waals surface area contributed by atoms with Crippen molar-refractivity contribution in [2.75, 3.05) is 52.7 Å². The third kappa shape index (κ3) is 6.95. The smallest absolute Gasteiger partial charge is 0.254 e. The minimum Gasteiger partial charge on any atom is -0.454 e. The molecular weight excluding hydrogens is 521 g/mol. The first-order chi connectivity index (χ1) is 19.0. The fraction of sp³-hybridized carbons (Fsp3) is 0.379. The minimum atomic E-state index is -0.325. The van der Waals surface area contributed by atoms with E-state index in [-0.39, 0.29) is 31.0 Å². The highest BCUT2D eigenvalue weighted by atomic mass is 32.1. The summed E-state index contributed by atoms with van der Waals surface area (Å²) in [5, 5.41) is 2.00. The summed E-state index contributed by atoms with van der Waals surface area (Å²) in [6, 6.07) is 13.3. The predicted octanol–water partition coefficient (Wildman–Crippen LogP) is 3.93. The Morgan fingerprint density at radius 3 is 2.49 bits per heavy atom. The average Bonchev–Trinajstić information content (AvgIpc) is 3.60. The molecule has 5 rings (SSSR count). The Morgan fingerprint density at radius 2 is 1.74 bits per heavy atom. The highest BCUT2D eigenvalue weighted by molar-refractivity contribution is 7.10. The molecule has 1 aromatic heterocycles. The first-order valence-corrected chi connectivity index (χ1v) is 13.9. The first-order valence-electron chi connectivity index (χ1n) is 13.0. The number of aryl methyl sites for hydroxylation is 1. The van der Waals surface area contributed by atoms with Gasteiger partial charge in [0.25, 0.3) is 5.91 Å². The van der Waals surface area contributed by atoms with Crippen LogP contribution >= 0.6 is 11.3 Å². The number of hydrogen-bond donors (Lipinski definition) is 0. The van der Waals surface area contributed by atoms with Gasteiger partial charge in [0.15, 0.2) is 11.5 Å². The monoisotopic (exact) mass is 553 g/mol. The number of carbonyl (C=O) groups is 2. The molecule has 1 saturated heterocycles. The van der Waals surface area contributed by atoms with Crippen molar-refractivity contribution in [3.63, 3.8) is 0 Å². The van der Waals surface area contributed by atoms with E-state index in [9.17, 15) is 14.0 Å². The molecule has 0 saturated carbocycles. The molecule has 0 N–H and O–H groups in total. The molecule has 0 bridgehead atoms. The molecule has 0 atom stereocenters. The lowest BCUT2D eigenvalue weighted by Gasteiger charge is -2.31. The molecule has 8 nitrogen and oxygen atoms in total. The maximum atomic E-state index is 13.8. The molecule has 206 valence electrons. The summed E-state index contributed by atoms with van der Waals surface area (Å²) >= 11 is 1.59. The second kappa shape index (κ2) is 12.6. The summed E-state index contributed by atoms with van der Waals surface area (Å²) in [6.07, 6.45) is 0. The molecule has 2 aliphatic heterocycles. The molecule has 0 aliphatic carbocycles. The van der Waals surface area contributed by atoms with E-state index in [1.165, 1.54) is 12.1 Å². The Labute approximate surface area is 231 Å². The van der Waals surface area contributed by atoms with E-state index in [1.807, 2.05) is 18.4 Å². The summed E-state index contributed by atoms with van der Waals surface area (Å²) in [7, 11) is 0. The predicted molar refractivity (Wildman–Crippen MR) is 145 cm³/mol. The Morgan fingerprint density at radius 1 is 0.974 bits per heavy atom. The van der Waals surface area contributed by atoms with Crippen LogP contribution in [0.1, 0.15) is 26.4 Å². The number of amides is 2. The fourth-order valence-corrected chi connectivity index (χ4v) is 5.52. The van der Waals surface area contributed by atoms with Gasteiger partial charge in [-0.25, -0.2) is 4.39 Å². The number of benzene rings is 2. The van der Waals surface area contributed by atoms with Gasteiger partial charge in [0.2, 0.25) is 12.7 Å². The molecule has 10 heteroatoms. The van der Waals surface area contributed by atoms with Gasteiger partial charge in [-0.15, -0.1) is 11.3 Å². The molecule has 2 aliphatic rings. The van der Waals surface area contributed by atoms with Crippen LogP contribution in [0.5, 0.6) is 11.5 Å². The Hall–Kier alpha value is -3.47. The fourth-order valence-electron chi connectivity index (χ4n) is 4.60. The molecular formula is C29H32FN3O5S. The Kier molecular flexibility index (Phi) is 8.75. The number of halogens is 1. The van der Waals surface area contributed by atoms with Crippen molar-refractivity contribution in [2.45, 2.75) is 20.0 Å². The minimum absolute atomic E-state index is 0.0801. The summed E-state index contributed by atoms with van der Waals surface area (Å²) in [4.78, 5) is 34.2. The SMILES string of the molecule is Cc1ccsc1CN(Cc1ccc(F)cc1)C(=O)CN(CCN1CCOCC1)C(=O)c1ccc2c(c1)OCO2. The molecule has 0 unspecified atom stereocenters. The van der Waals surface area contributed by atoms with Gasteiger partial charge in [-0.05, 0) is 59.8 Å². The first kappa shape index (κ1) is 27.1. The maximum absolute atomic E-state index is 13.8. The molecule has 0 radical (unpaired) electrons. The summed E-state index contributed by atoms with van der Waals surface area (Å²) in [5.74, 6) is 0.368. The van der Waals surface area contributed by atoms with E-state index in [0.717, 1.165) is 29.1 Å². The largest absolute Gasteiger partial charge is 0.454 e. The lowest BCUT2D eigenvalue weighted by atomic mass is 10.1. The second-order valence-corrected chi connectivity index (χ2v) is 10.7. The number of ether oxygens (including phenoxy) is 3. The lowest BCUT2D eigenvalue weighted by molar-refractivity contribution is -0.133. The van der Waals surface area contributed by atoms with Crippen LogP contribution in [0.4, 0.5) is 4.39 Å². The van der Waals surface area contributed by atoms with Crippen LogP contribution in [-0.2, 0) is 22.6 Å².